The van der Waals surface area contributed by atoms with Crippen LogP contribution < -0.4 is 0 Å². The predicted molar refractivity (Wildman–Crippen MR) is 48.4 cm³/mol. The SMILES string of the molecule is CC(=N)N1CCC(C(C)=O)CC1. The second-order valence-electron chi connectivity index (χ2n) is 3.46. The molecular formula is C9H16N2O. The molecule has 1 heterocycles. The van der Waals surface area contributed by atoms with E-state index in [0.717, 1.165) is 25.9 Å². The molecule has 0 atom stereocenters. The van der Waals surface area contributed by atoms with Crippen LogP contribution in [0, 0.1) is 11.3 Å². The van der Waals surface area contributed by atoms with Gasteiger partial charge in [-0.25, -0.2) is 0 Å². The lowest BCUT2D eigenvalue weighted by atomic mass is 9.93. The Kier molecular flexibility index (Phi) is 2.84. The van der Waals surface area contributed by atoms with Crippen molar-refractivity contribution in [3.8, 4) is 0 Å². The number of piperidine rings is 1. The summed E-state index contributed by atoms with van der Waals surface area (Å²) in [4.78, 5) is 13.0. The molecular weight excluding hydrogens is 152 g/mol. The first kappa shape index (κ1) is 9.23. The Labute approximate surface area is 73.3 Å². The lowest BCUT2D eigenvalue weighted by molar-refractivity contribution is -0.121. The van der Waals surface area contributed by atoms with Gasteiger partial charge in [0.25, 0.3) is 0 Å². The molecule has 0 aliphatic carbocycles. The molecule has 1 aliphatic rings. The molecule has 0 radical (unpaired) electrons. The summed E-state index contributed by atoms with van der Waals surface area (Å²) in [5, 5.41) is 7.40. The first-order valence-corrected chi connectivity index (χ1v) is 4.42. The molecule has 0 unspecified atom stereocenters. The topological polar surface area (TPSA) is 44.2 Å². The van der Waals surface area contributed by atoms with Crippen molar-refractivity contribution in [1.29, 1.82) is 5.41 Å². The van der Waals surface area contributed by atoms with Gasteiger partial charge in [-0.1, -0.05) is 0 Å². The van der Waals surface area contributed by atoms with Crippen LogP contribution in [0.3, 0.4) is 0 Å². The smallest absolute Gasteiger partial charge is 0.133 e. The fraction of sp³-hybridized carbons (Fsp3) is 0.778. The van der Waals surface area contributed by atoms with E-state index in [1.165, 1.54) is 0 Å². The van der Waals surface area contributed by atoms with E-state index in [9.17, 15) is 4.79 Å². The summed E-state index contributed by atoms with van der Waals surface area (Å²) in [5.41, 5.74) is 0. The molecule has 3 nitrogen and oxygen atoms in total. The molecule has 0 spiro atoms. The van der Waals surface area contributed by atoms with Gasteiger partial charge in [0.1, 0.15) is 5.78 Å². The summed E-state index contributed by atoms with van der Waals surface area (Å²) in [6, 6.07) is 0. The normalized spacial score (nSPS) is 19.3. The van der Waals surface area contributed by atoms with Crippen LogP contribution in [0.4, 0.5) is 0 Å². The van der Waals surface area contributed by atoms with Crippen LogP contribution >= 0.6 is 0 Å². The highest BCUT2D eigenvalue weighted by molar-refractivity contribution is 5.79. The summed E-state index contributed by atoms with van der Waals surface area (Å²) < 4.78 is 0. The van der Waals surface area contributed by atoms with Crippen LogP contribution in [0.2, 0.25) is 0 Å². The zero-order valence-electron chi connectivity index (χ0n) is 7.76. The highest BCUT2D eigenvalue weighted by Crippen LogP contribution is 2.17. The summed E-state index contributed by atoms with van der Waals surface area (Å²) in [5.74, 6) is 1.18. The van der Waals surface area contributed by atoms with Crippen molar-refractivity contribution in [2.45, 2.75) is 26.7 Å². The van der Waals surface area contributed by atoms with Gasteiger partial charge in [-0.15, -0.1) is 0 Å². The number of likely N-dealkylation sites (tertiary alicyclic amines) is 1. The molecule has 0 saturated carbocycles. The quantitative estimate of drug-likeness (QED) is 0.473. The average Bonchev–Trinajstić information content (AvgIpc) is 2.04. The zero-order valence-corrected chi connectivity index (χ0v) is 7.76. The number of carbonyl (C=O) groups excluding carboxylic acids is 1. The van der Waals surface area contributed by atoms with E-state index < -0.39 is 0 Å². The maximum Gasteiger partial charge on any atom is 0.133 e. The molecule has 68 valence electrons. The molecule has 12 heavy (non-hydrogen) atoms. The molecule has 1 rings (SSSR count). The summed E-state index contributed by atoms with van der Waals surface area (Å²) >= 11 is 0. The van der Waals surface area contributed by atoms with E-state index in [2.05, 4.69) is 0 Å². The molecule has 1 saturated heterocycles. The van der Waals surface area contributed by atoms with E-state index in [1.807, 2.05) is 4.90 Å². The number of rotatable bonds is 1. The van der Waals surface area contributed by atoms with Crippen LogP contribution in [0.25, 0.3) is 0 Å². The number of Topliss-reactive ketones (excluding diaryl/α,β-unsaturated/α-hetero) is 1. The summed E-state index contributed by atoms with van der Waals surface area (Å²) in [6.07, 6.45) is 1.84. The van der Waals surface area contributed by atoms with Gasteiger partial charge in [-0.05, 0) is 26.7 Å². The number of ketones is 1. The Morgan fingerprint density at radius 1 is 1.33 bits per heavy atom. The minimum Gasteiger partial charge on any atom is -0.361 e. The molecule has 0 amide bonds. The van der Waals surface area contributed by atoms with Crippen molar-refractivity contribution in [2.75, 3.05) is 13.1 Å². The minimum absolute atomic E-state index is 0.251. The number of hydrogen-bond acceptors (Lipinski definition) is 2. The van der Waals surface area contributed by atoms with Crippen molar-refractivity contribution in [1.82, 2.24) is 4.90 Å². The van der Waals surface area contributed by atoms with Crippen molar-refractivity contribution in [2.24, 2.45) is 5.92 Å². The van der Waals surface area contributed by atoms with Gasteiger partial charge in [-0.2, -0.15) is 0 Å². The highest BCUT2D eigenvalue weighted by atomic mass is 16.1. The number of nitrogens with one attached hydrogen (secondary N) is 1. The zero-order chi connectivity index (χ0) is 9.14. The Morgan fingerprint density at radius 3 is 2.17 bits per heavy atom. The van der Waals surface area contributed by atoms with E-state index >= 15 is 0 Å². The highest BCUT2D eigenvalue weighted by Gasteiger charge is 2.21. The third kappa shape index (κ3) is 2.06. The number of hydrogen-bond donors (Lipinski definition) is 1. The number of carbonyl (C=O) groups is 1. The van der Waals surface area contributed by atoms with Gasteiger partial charge in [0, 0.05) is 19.0 Å². The molecule has 0 aromatic heterocycles. The van der Waals surface area contributed by atoms with Gasteiger partial charge in [0.15, 0.2) is 0 Å². The standard InChI is InChI=1S/C9H16N2O/c1-7(12)9-3-5-11(6-4-9)8(2)10/h9-10H,3-6H2,1-2H3. The Bertz CT molecular complexity index is 171. The predicted octanol–water partition coefficient (Wildman–Crippen LogP) is 1.28. The van der Waals surface area contributed by atoms with Crippen molar-refractivity contribution in [3.63, 3.8) is 0 Å². The van der Waals surface area contributed by atoms with Crippen LogP contribution in [0.5, 0.6) is 0 Å². The molecule has 3 heteroatoms. The molecule has 1 fully saturated rings. The van der Waals surface area contributed by atoms with Crippen LogP contribution in [0.1, 0.15) is 26.7 Å². The third-order valence-electron chi connectivity index (χ3n) is 2.54. The second kappa shape index (κ2) is 3.70. The monoisotopic (exact) mass is 168 g/mol. The maximum absolute atomic E-state index is 11.0. The fourth-order valence-corrected chi connectivity index (χ4v) is 1.62. The number of nitrogens with zero attached hydrogens (tertiary/aromatic N) is 1. The Morgan fingerprint density at radius 2 is 1.83 bits per heavy atom. The minimum atomic E-state index is 0.251. The van der Waals surface area contributed by atoms with Gasteiger partial charge in [-0.3, -0.25) is 10.2 Å². The Hall–Kier alpha value is -0.860. The first-order valence-electron chi connectivity index (χ1n) is 4.42. The number of amidine groups is 1. The van der Waals surface area contributed by atoms with Crippen LogP contribution in [0.15, 0.2) is 0 Å². The molecule has 0 aromatic rings. The van der Waals surface area contributed by atoms with E-state index in [4.69, 9.17) is 5.41 Å². The molecule has 0 bridgehead atoms. The van der Waals surface area contributed by atoms with Crippen LogP contribution in [-0.4, -0.2) is 29.6 Å². The van der Waals surface area contributed by atoms with Crippen molar-refractivity contribution in [3.05, 3.63) is 0 Å². The summed E-state index contributed by atoms with van der Waals surface area (Å²) in [7, 11) is 0. The average molecular weight is 168 g/mol. The van der Waals surface area contributed by atoms with Gasteiger partial charge < -0.3 is 4.90 Å². The lowest BCUT2D eigenvalue weighted by Gasteiger charge is -2.31. The van der Waals surface area contributed by atoms with E-state index in [-0.39, 0.29) is 5.92 Å². The van der Waals surface area contributed by atoms with Gasteiger partial charge in [0.05, 0.1) is 5.84 Å². The Balaban J connectivity index is 2.39. The molecule has 1 aliphatic heterocycles. The van der Waals surface area contributed by atoms with E-state index in [1.54, 1.807) is 13.8 Å². The largest absolute Gasteiger partial charge is 0.361 e. The fourth-order valence-electron chi connectivity index (χ4n) is 1.62. The maximum atomic E-state index is 11.0. The lowest BCUT2D eigenvalue weighted by Crippen LogP contribution is -2.38. The molecule has 1 N–H and O–H groups in total. The van der Waals surface area contributed by atoms with Crippen LogP contribution in [-0.2, 0) is 4.79 Å². The summed E-state index contributed by atoms with van der Waals surface area (Å²) in [6.45, 7) is 5.21. The van der Waals surface area contributed by atoms with Crippen molar-refractivity contribution >= 4 is 11.6 Å². The van der Waals surface area contributed by atoms with Gasteiger partial charge >= 0.3 is 0 Å². The molecule has 0 aromatic carbocycles. The van der Waals surface area contributed by atoms with E-state index in [0.29, 0.717) is 11.6 Å². The first-order chi connectivity index (χ1) is 5.61. The second-order valence-corrected chi connectivity index (χ2v) is 3.46. The van der Waals surface area contributed by atoms with Gasteiger partial charge in [0.2, 0.25) is 0 Å². The van der Waals surface area contributed by atoms with Crippen molar-refractivity contribution < 1.29 is 4.79 Å². The third-order valence-corrected chi connectivity index (χ3v) is 2.54.